The highest BCUT2D eigenvalue weighted by atomic mass is 32.1. The van der Waals surface area contributed by atoms with Gasteiger partial charge in [0.05, 0.1) is 16.4 Å². The minimum atomic E-state index is 0.602. The van der Waals surface area contributed by atoms with Gasteiger partial charge in [-0.25, -0.2) is 4.98 Å². The van der Waals surface area contributed by atoms with E-state index in [0.29, 0.717) is 5.92 Å². The highest BCUT2D eigenvalue weighted by Gasteiger charge is 2.19. The van der Waals surface area contributed by atoms with Gasteiger partial charge in [0.15, 0.2) is 12.2 Å². The molecular formula is C19H16N2O2S. The average Bonchev–Trinajstić information content (AvgIpc) is 3.32. The van der Waals surface area contributed by atoms with Gasteiger partial charge in [0, 0.05) is 40.6 Å². The van der Waals surface area contributed by atoms with Crippen LogP contribution in [0.2, 0.25) is 0 Å². The fraction of sp³-hybridized carbons (Fsp3) is 0.263. The molecule has 0 radical (unpaired) electrons. The van der Waals surface area contributed by atoms with Gasteiger partial charge in [-0.2, -0.15) is 0 Å². The minimum Gasteiger partial charge on any atom is -0.444 e. The Morgan fingerprint density at radius 2 is 2.00 bits per heavy atom. The Balaban J connectivity index is 1.67. The number of nitrogens with zero attached hydrogens (tertiary/aromatic N) is 2. The van der Waals surface area contributed by atoms with Gasteiger partial charge in [0.2, 0.25) is 0 Å². The van der Waals surface area contributed by atoms with Crippen molar-refractivity contribution in [3.8, 4) is 11.3 Å². The van der Waals surface area contributed by atoms with E-state index in [-0.39, 0.29) is 0 Å². The lowest BCUT2D eigenvalue weighted by atomic mass is 9.98. The topological polar surface area (TPSA) is 48.2 Å². The number of hydrogen-bond acceptors (Lipinski definition) is 5. The molecule has 24 heavy (non-hydrogen) atoms. The Morgan fingerprint density at radius 3 is 2.83 bits per heavy atom. The number of aromatic nitrogens is 2. The zero-order valence-electron chi connectivity index (χ0n) is 13.1. The quantitative estimate of drug-likeness (QED) is 0.517. The zero-order chi connectivity index (χ0) is 15.9. The number of benzene rings is 1. The first-order valence-corrected chi connectivity index (χ1v) is 8.99. The largest absolute Gasteiger partial charge is 0.444 e. The maximum Gasteiger partial charge on any atom is 0.181 e. The molecule has 0 aliphatic carbocycles. The van der Waals surface area contributed by atoms with Crippen LogP contribution in [0.1, 0.15) is 23.6 Å². The first kappa shape index (κ1) is 14.1. The third kappa shape index (κ3) is 2.32. The van der Waals surface area contributed by atoms with E-state index in [9.17, 15) is 0 Å². The molecule has 0 saturated carbocycles. The Kier molecular flexibility index (Phi) is 3.35. The van der Waals surface area contributed by atoms with E-state index in [1.54, 1.807) is 6.20 Å². The van der Waals surface area contributed by atoms with Crippen molar-refractivity contribution >= 4 is 32.3 Å². The molecule has 4 nitrogen and oxygen atoms in total. The second-order valence-electron chi connectivity index (χ2n) is 6.18. The fourth-order valence-corrected chi connectivity index (χ4v) is 4.70. The third-order valence-electron chi connectivity index (χ3n) is 4.71. The van der Waals surface area contributed by atoms with E-state index in [0.717, 1.165) is 48.3 Å². The van der Waals surface area contributed by atoms with Crippen LogP contribution < -0.4 is 0 Å². The monoisotopic (exact) mass is 336 g/mol. The molecule has 1 aliphatic rings. The fourth-order valence-electron chi connectivity index (χ4n) is 3.39. The van der Waals surface area contributed by atoms with Crippen LogP contribution in [-0.4, -0.2) is 23.2 Å². The van der Waals surface area contributed by atoms with E-state index in [1.807, 2.05) is 17.5 Å². The Hall–Kier alpha value is -2.24. The lowest BCUT2D eigenvalue weighted by molar-refractivity contribution is 0.0860. The number of thiophene rings is 1. The summed E-state index contributed by atoms with van der Waals surface area (Å²) < 4.78 is 12.2. The van der Waals surface area contributed by atoms with Crippen molar-refractivity contribution in [1.29, 1.82) is 0 Å². The predicted molar refractivity (Wildman–Crippen MR) is 95.4 cm³/mol. The van der Waals surface area contributed by atoms with Crippen molar-refractivity contribution in [3.63, 3.8) is 0 Å². The Morgan fingerprint density at radius 1 is 1.08 bits per heavy atom. The van der Waals surface area contributed by atoms with E-state index < -0.39 is 0 Å². The SMILES string of the molecule is c1ncc(-c2ccc3cnc4cc(C5CCOCC5)sc4c3c2)o1. The van der Waals surface area contributed by atoms with Gasteiger partial charge >= 0.3 is 0 Å². The van der Waals surface area contributed by atoms with E-state index in [2.05, 4.69) is 34.2 Å². The summed E-state index contributed by atoms with van der Waals surface area (Å²) in [6.07, 6.45) is 7.39. The number of fused-ring (bicyclic) bond motifs is 3. The minimum absolute atomic E-state index is 0.602. The molecule has 0 spiro atoms. The average molecular weight is 336 g/mol. The number of rotatable bonds is 2. The second-order valence-corrected chi connectivity index (χ2v) is 7.26. The lowest BCUT2D eigenvalue weighted by Gasteiger charge is -2.20. The molecule has 5 rings (SSSR count). The molecule has 120 valence electrons. The van der Waals surface area contributed by atoms with E-state index in [4.69, 9.17) is 9.15 Å². The van der Waals surface area contributed by atoms with Gasteiger partial charge < -0.3 is 9.15 Å². The number of oxazole rings is 1. The molecule has 0 unspecified atom stereocenters. The van der Waals surface area contributed by atoms with Gasteiger partial charge in [-0.05, 0) is 30.9 Å². The van der Waals surface area contributed by atoms with Crippen molar-refractivity contribution in [2.45, 2.75) is 18.8 Å². The molecule has 1 saturated heterocycles. The van der Waals surface area contributed by atoms with Crippen molar-refractivity contribution in [1.82, 2.24) is 9.97 Å². The summed E-state index contributed by atoms with van der Waals surface area (Å²) in [6, 6.07) is 8.61. The molecule has 5 heteroatoms. The summed E-state index contributed by atoms with van der Waals surface area (Å²) in [7, 11) is 0. The molecule has 3 aromatic heterocycles. The van der Waals surface area contributed by atoms with Crippen molar-refractivity contribution in [2.24, 2.45) is 0 Å². The molecule has 0 bridgehead atoms. The van der Waals surface area contributed by atoms with E-state index >= 15 is 0 Å². The smallest absolute Gasteiger partial charge is 0.181 e. The van der Waals surface area contributed by atoms with Crippen molar-refractivity contribution in [2.75, 3.05) is 13.2 Å². The molecule has 1 aliphatic heterocycles. The first-order chi connectivity index (χ1) is 11.9. The van der Waals surface area contributed by atoms with Crippen LogP contribution in [0.5, 0.6) is 0 Å². The molecule has 1 aromatic carbocycles. The van der Waals surface area contributed by atoms with Gasteiger partial charge in [-0.15, -0.1) is 11.3 Å². The predicted octanol–water partition coefficient (Wildman–Crippen LogP) is 5.00. The van der Waals surface area contributed by atoms with Crippen LogP contribution in [0.3, 0.4) is 0 Å². The Bertz CT molecular complexity index is 1000. The summed E-state index contributed by atoms with van der Waals surface area (Å²) in [5.41, 5.74) is 2.14. The van der Waals surface area contributed by atoms with Gasteiger partial charge in [-0.3, -0.25) is 4.98 Å². The maximum absolute atomic E-state index is 5.50. The standard InChI is InChI=1S/C19H16N2O2S/c1-2-14-9-21-16-8-18(12-3-5-22-6-4-12)24-19(16)15(14)7-13(1)17-10-20-11-23-17/h1-2,7-12H,3-6H2. The van der Waals surface area contributed by atoms with Crippen molar-refractivity contribution in [3.05, 3.63) is 47.9 Å². The summed E-state index contributed by atoms with van der Waals surface area (Å²) in [6.45, 7) is 1.73. The summed E-state index contributed by atoms with van der Waals surface area (Å²) >= 11 is 1.87. The molecule has 0 N–H and O–H groups in total. The molecule has 4 heterocycles. The number of ether oxygens (including phenoxy) is 1. The second kappa shape index (κ2) is 5.69. The van der Waals surface area contributed by atoms with Gasteiger partial charge in [0.25, 0.3) is 0 Å². The highest BCUT2D eigenvalue weighted by Crippen LogP contribution is 2.39. The molecular weight excluding hydrogens is 320 g/mol. The Labute approximate surface area is 143 Å². The van der Waals surface area contributed by atoms with Crippen LogP contribution in [-0.2, 0) is 4.74 Å². The first-order valence-electron chi connectivity index (χ1n) is 8.17. The third-order valence-corrected chi connectivity index (χ3v) is 6.03. The normalized spacial score (nSPS) is 16.2. The lowest BCUT2D eigenvalue weighted by Crippen LogP contribution is -2.12. The molecule has 4 aromatic rings. The van der Waals surface area contributed by atoms with Crippen LogP contribution in [0, 0.1) is 0 Å². The van der Waals surface area contributed by atoms with Crippen LogP contribution in [0.15, 0.2) is 47.5 Å². The van der Waals surface area contributed by atoms with Crippen molar-refractivity contribution < 1.29 is 9.15 Å². The number of pyridine rings is 1. The molecule has 0 amide bonds. The highest BCUT2D eigenvalue weighted by molar-refractivity contribution is 7.20. The van der Waals surface area contributed by atoms with Crippen LogP contribution in [0.4, 0.5) is 0 Å². The zero-order valence-corrected chi connectivity index (χ0v) is 13.9. The van der Waals surface area contributed by atoms with Gasteiger partial charge in [0.1, 0.15) is 0 Å². The summed E-state index contributed by atoms with van der Waals surface area (Å²) in [4.78, 5) is 10.1. The summed E-state index contributed by atoms with van der Waals surface area (Å²) in [5, 5.41) is 2.39. The van der Waals surface area contributed by atoms with E-state index in [1.165, 1.54) is 21.4 Å². The maximum atomic E-state index is 5.50. The molecule has 1 fully saturated rings. The molecule has 0 atom stereocenters. The van der Waals surface area contributed by atoms with Gasteiger partial charge in [-0.1, -0.05) is 12.1 Å². The van der Waals surface area contributed by atoms with Crippen LogP contribution >= 0.6 is 11.3 Å². The van der Waals surface area contributed by atoms with Crippen LogP contribution in [0.25, 0.3) is 32.3 Å². The number of hydrogen-bond donors (Lipinski definition) is 0. The summed E-state index contributed by atoms with van der Waals surface area (Å²) in [5.74, 6) is 1.40.